The number of alkyl halides is 18. The Balaban J connectivity index is 7.06. The third-order valence-electron chi connectivity index (χ3n) is 3.29. The van der Waals surface area contributed by atoms with E-state index in [0.29, 0.717) is 6.92 Å². The molecule has 0 aliphatic carbocycles. The Morgan fingerprint density at radius 3 is 1.18 bits per heavy atom. The maximum atomic E-state index is 13.9. The van der Waals surface area contributed by atoms with Crippen molar-refractivity contribution in [2.45, 2.75) is 53.5 Å². The standard InChI is InChI=1S/C12H6F18O2S/c1-3(2)4(31)32-33(12(29,30)10(24,25)26)11(27,28)8(19,20)6(15,16)5(13,14)7(17,18)9(21,22)23/h33H,1H2,2H3. The van der Waals surface area contributed by atoms with Gasteiger partial charge in [-0.2, -0.15) is 79.0 Å². The molecule has 0 rings (SSSR count). The summed E-state index contributed by atoms with van der Waals surface area (Å²) >= 11 is -7.06. The molecule has 0 aromatic carbocycles. The normalized spacial score (nSPS) is 17.0. The molecule has 0 aromatic heterocycles. The van der Waals surface area contributed by atoms with Gasteiger partial charge in [-0.05, 0) is 6.92 Å². The lowest BCUT2D eigenvalue weighted by molar-refractivity contribution is -0.433. The summed E-state index contributed by atoms with van der Waals surface area (Å²) in [6, 6.07) is 0. The fraction of sp³-hybridized carbons (Fsp3) is 0.750. The molecule has 0 saturated carbocycles. The van der Waals surface area contributed by atoms with Crippen LogP contribution in [0.2, 0.25) is 0 Å². The lowest BCUT2D eigenvalue weighted by atomic mass is 9.98. The molecule has 21 heteroatoms. The molecule has 0 spiro atoms. The van der Waals surface area contributed by atoms with E-state index in [9.17, 15) is 83.8 Å². The van der Waals surface area contributed by atoms with E-state index in [4.69, 9.17) is 0 Å². The van der Waals surface area contributed by atoms with Gasteiger partial charge in [-0.15, -0.1) is 0 Å². The molecule has 198 valence electrons. The summed E-state index contributed by atoms with van der Waals surface area (Å²) in [5.74, 6) is -36.8. The molecule has 0 bridgehead atoms. The number of hydrogen-bond donors (Lipinski definition) is 1. The second-order valence-corrected chi connectivity index (χ2v) is 7.72. The molecule has 0 fully saturated rings. The maximum Gasteiger partial charge on any atom is 0.465 e. The summed E-state index contributed by atoms with van der Waals surface area (Å²) in [7, 11) is 0. The van der Waals surface area contributed by atoms with Crippen molar-refractivity contribution >= 4 is 17.1 Å². The zero-order chi connectivity index (χ0) is 27.4. The first-order valence-electron chi connectivity index (χ1n) is 7.04. The van der Waals surface area contributed by atoms with E-state index in [0.717, 1.165) is 0 Å². The zero-order valence-electron chi connectivity index (χ0n) is 14.8. The Morgan fingerprint density at radius 2 is 0.909 bits per heavy atom. The van der Waals surface area contributed by atoms with Crippen molar-refractivity contribution in [2.75, 3.05) is 0 Å². The maximum absolute atomic E-state index is 13.9. The lowest BCUT2D eigenvalue weighted by Gasteiger charge is -2.43. The van der Waals surface area contributed by atoms with Crippen molar-refractivity contribution in [3.8, 4) is 0 Å². The molecule has 0 aliphatic rings. The van der Waals surface area contributed by atoms with Crippen molar-refractivity contribution in [3.05, 3.63) is 12.2 Å². The summed E-state index contributed by atoms with van der Waals surface area (Å²) in [4.78, 5) is 11.0. The average molecular weight is 556 g/mol. The van der Waals surface area contributed by atoms with E-state index in [1.165, 1.54) is 0 Å². The molecule has 0 N–H and O–H groups in total. The number of carbonyl (C=O) groups excluding carboxylic acids is 1. The zero-order valence-corrected chi connectivity index (χ0v) is 15.7. The molecule has 33 heavy (non-hydrogen) atoms. The third-order valence-corrected chi connectivity index (χ3v) is 5.19. The number of thiol groups is 1. The highest BCUT2D eigenvalue weighted by Gasteiger charge is 2.93. The van der Waals surface area contributed by atoms with E-state index in [1.807, 2.05) is 0 Å². The second-order valence-electron chi connectivity index (χ2n) is 5.83. The van der Waals surface area contributed by atoms with Gasteiger partial charge in [0.05, 0.1) is 0 Å². The smallest absolute Gasteiger partial charge is 0.403 e. The fourth-order valence-electron chi connectivity index (χ4n) is 1.46. The quantitative estimate of drug-likeness (QED) is 0.201. The van der Waals surface area contributed by atoms with Crippen LogP contribution < -0.4 is 0 Å². The first-order chi connectivity index (χ1) is 14.0. The van der Waals surface area contributed by atoms with Gasteiger partial charge in [0, 0.05) is 16.7 Å². The fourth-order valence-corrected chi connectivity index (χ4v) is 2.99. The molecule has 0 radical (unpaired) electrons. The predicted molar refractivity (Wildman–Crippen MR) is 71.7 cm³/mol. The van der Waals surface area contributed by atoms with Crippen LogP contribution in [0.5, 0.6) is 0 Å². The van der Waals surface area contributed by atoms with Gasteiger partial charge in [0.1, 0.15) is 0 Å². The van der Waals surface area contributed by atoms with Gasteiger partial charge in [0.15, 0.2) is 0 Å². The van der Waals surface area contributed by atoms with Crippen molar-refractivity contribution in [3.63, 3.8) is 0 Å². The Labute approximate surface area is 172 Å². The Hall–Kier alpha value is -1.70. The van der Waals surface area contributed by atoms with E-state index >= 15 is 0 Å². The molecule has 1 atom stereocenters. The molecule has 0 aliphatic heterocycles. The summed E-state index contributed by atoms with van der Waals surface area (Å²) < 4.78 is 236. The Bertz CT molecular complexity index is 763. The SMILES string of the molecule is C=C(C)C(=O)O[SH](C(F)(F)C(F)(F)F)C(F)(F)C(F)(F)C(F)(F)C(F)(F)C(F)(F)C(F)(F)F. The number of rotatable bonds is 8. The van der Waals surface area contributed by atoms with Crippen LogP contribution in [0.1, 0.15) is 6.92 Å². The Kier molecular flexibility index (Phi) is 7.78. The van der Waals surface area contributed by atoms with Crippen LogP contribution >= 0.6 is 11.2 Å². The van der Waals surface area contributed by atoms with Crippen LogP contribution in [0.3, 0.4) is 0 Å². The summed E-state index contributed by atoms with van der Waals surface area (Å²) in [6.45, 7) is 2.73. The van der Waals surface area contributed by atoms with Gasteiger partial charge >= 0.3 is 52.5 Å². The van der Waals surface area contributed by atoms with Crippen LogP contribution in [0.15, 0.2) is 12.2 Å². The van der Waals surface area contributed by atoms with Gasteiger partial charge in [-0.25, -0.2) is 4.79 Å². The largest absolute Gasteiger partial charge is 0.465 e. The van der Waals surface area contributed by atoms with Crippen LogP contribution in [0.4, 0.5) is 79.0 Å². The molecule has 1 unspecified atom stereocenters. The van der Waals surface area contributed by atoms with Gasteiger partial charge in [-0.3, -0.25) is 0 Å². The van der Waals surface area contributed by atoms with Gasteiger partial charge < -0.3 is 4.18 Å². The van der Waals surface area contributed by atoms with E-state index in [1.54, 1.807) is 0 Å². The van der Waals surface area contributed by atoms with E-state index < -0.39 is 69.3 Å². The van der Waals surface area contributed by atoms with Crippen LogP contribution in [0.25, 0.3) is 0 Å². The van der Waals surface area contributed by atoms with Crippen molar-refractivity contribution in [1.29, 1.82) is 0 Å². The van der Waals surface area contributed by atoms with Crippen LogP contribution in [-0.2, 0) is 8.98 Å². The number of carbonyl (C=O) groups is 1. The third kappa shape index (κ3) is 4.64. The van der Waals surface area contributed by atoms with Gasteiger partial charge in [0.2, 0.25) is 0 Å². The van der Waals surface area contributed by atoms with Crippen LogP contribution in [-0.4, -0.2) is 52.5 Å². The minimum Gasteiger partial charge on any atom is -0.403 e. The van der Waals surface area contributed by atoms with Crippen LogP contribution in [0, 0.1) is 0 Å². The molecule has 0 aromatic rings. The molecule has 2 nitrogen and oxygen atoms in total. The molecule has 0 heterocycles. The van der Waals surface area contributed by atoms with Crippen molar-refractivity contribution in [2.24, 2.45) is 0 Å². The highest BCUT2D eigenvalue weighted by molar-refractivity contribution is 8.15. The van der Waals surface area contributed by atoms with Crippen molar-refractivity contribution < 1.29 is 88.0 Å². The minimum atomic E-state index is -8.67. The summed E-state index contributed by atoms with van der Waals surface area (Å²) in [5, 5.41) is -15.4. The monoisotopic (exact) mass is 556 g/mol. The van der Waals surface area contributed by atoms with Crippen molar-refractivity contribution in [1.82, 2.24) is 0 Å². The highest BCUT2D eigenvalue weighted by atomic mass is 32.2. The molecule has 0 saturated heterocycles. The molecule has 0 amide bonds. The van der Waals surface area contributed by atoms with Gasteiger partial charge in [0.25, 0.3) is 0 Å². The minimum absolute atomic E-state index is 0.296. The highest BCUT2D eigenvalue weighted by Crippen LogP contribution is 2.70. The Morgan fingerprint density at radius 1 is 0.576 bits per heavy atom. The second kappa shape index (κ2) is 8.21. The molecular formula is C12H6F18O2S. The summed E-state index contributed by atoms with van der Waals surface area (Å²) in [5.41, 5.74) is -1.42. The summed E-state index contributed by atoms with van der Waals surface area (Å²) in [6.07, 6.45) is -15.3. The topological polar surface area (TPSA) is 26.3 Å². The molecular weight excluding hydrogens is 550 g/mol. The van der Waals surface area contributed by atoms with E-state index in [-0.39, 0.29) is 0 Å². The number of hydrogen-bond acceptors (Lipinski definition) is 2. The first-order valence-corrected chi connectivity index (χ1v) is 8.30. The first kappa shape index (κ1) is 31.3. The van der Waals surface area contributed by atoms with E-state index in [2.05, 4.69) is 10.8 Å². The lowest BCUT2D eigenvalue weighted by Crippen LogP contribution is -2.70. The number of halogens is 18. The predicted octanol–water partition coefficient (Wildman–Crippen LogP) is 6.87. The average Bonchev–Trinajstić information content (AvgIpc) is 2.55. The van der Waals surface area contributed by atoms with Gasteiger partial charge in [-0.1, -0.05) is 6.58 Å².